The van der Waals surface area contributed by atoms with Crippen molar-refractivity contribution in [1.82, 2.24) is 4.90 Å². The predicted molar refractivity (Wildman–Crippen MR) is 104 cm³/mol. The van der Waals surface area contributed by atoms with Gasteiger partial charge < -0.3 is 15.5 Å². The van der Waals surface area contributed by atoms with Crippen LogP contribution in [0.4, 0.5) is 10.1 Å². The van der Waals surface area contributed by atoms with E-state index in [-0.39, 0.29) is 24.1 Å². The predicted octanol–water partition coefficient (Wildman–Crippen LogP) is 2.73. The van der Waals surface area contributed by atoms with Crippen molar-refractivity contribution in [2.45, 2.75) is 43.9 Å². The average Bonchev–Trinajstić information content (AvgIpc) is 3.09. The molecular formula is C22H25FN2O3. The number of benzene rings is 2. The lowest BCUT2D eigenvalue weighted by molar-refractivity contribution is -0.115. The van der Waals surface area contributed by atoms with E-state index in [4.69, 9.17) is 0 Å². The summed E-state index contributed by atoms with van der Waals surface area (Å²) in [7, 11) is 0. The lowest BCUT2D eigenvalue weighted by atomic mass is 9.83. The summed E-state index contributed by atoms with van der Waals surface area (Å²) in [5.74, 6) is -0.744. The van der Waals surface area contributed by atoms with Gasteiger partial charge in [-0.2, -0.15) is 0 Å². The zero-order valence-corrected chi connectivity index (χ0v) is 15.9. The Morgan fingerprint density at radius 1 is 1.18 bits per heavy atom. The monoisotopic (exact) mass is 384 g/mol. The number of amides is 1. The Morgan fingerprint density at radius 2 is 1.86 bits per heavy atom. The van der Waals surface area contributed by atoms with Gasteiger partial charge in [-0.05, 0) is 42.5 Å². The molecule has 0 aromatic heterocycles. The number of nitrogens with zero attached hydrogens (tertiary/aromatic N) is 1. The molecule has 5 nitrogen and oxygen atoms in total. The third-order valence-corrected chi connectivity index (χ3v) is 6.12. The van der Waals surface area contributed by atoms with Crippen LogP contribution in [0.3, 0.4) is 0 Å². The summed E-state index contributed by atoms with van der Waals surface area (Å²) in [5.41, 5.74) is 1.35. The molecule has 1 fully saturated rings. The van der Waals surface area contributed by atoms with E-state index in [1.807, 2.05) is 37.3 Å². The van der Waals surface area contributed by atoms with Crippen LogP contribution in [0.2, 0.25) is 0 Å². The summed E-state index contributed by atoms with van der Waals surface area (Å²) in [4.78, 5) is 13.6. The Balaban J connectivity index is 1.46. The van der Waals surface area contributed by atoms with Crippen LogP contribution in [0.1, 0.15) is 42.6 Å². The standard InChI is InChI=1S/C22H25FN2O3/c1-14(21(27)16-11-15-13-19(26)24-20(15)18(23)12-16)25-9-7-22(28,8-10-25)17-5-3-2-4-6-17/h2-6,11-12,14,21,27-28H,7-10,13H2,1H3,(H,24,26)/t14-,21+/m0/s1. The van der Waals surface area contributed by atoms with Crippen molar-refractivity contribution in [3.05, 3.63) is 65.0 Å². The highest BCUT2D eigenvalue weighted by Gasteiger charge is 2.37. The molecule has 6 heteroatoms. The Morgan fingerprint density at radius 3 is 2.54 bits per heavy atom. The maximum atomic E-state index is 14.3. The number of aliphatic hydroxyl groups is 2. The van der Waals surface area contributed by atoms with Gasteiger partial charge in [0.25, 0.3) is 0 Å². The molecule has 0 radical (unpaired) electrons. The maximum Gasteiger partial charge on any atom is 0.228 e. The number of carbonyl (C=O) groups excluding carboxylic acids is 1. The Labute approximate surface area is 163 Å². The van der Waals surface area contributed by atoms with E-state index in [0.29, 0.717) is 37.1 Å². The molecule has 3 N–H and O–H groups in total. The van der Waals surface area contributed by atoms with Crippen molar-refractivity contribution in [2.24, 2.45) is 0 Å². The van der Waals surface area contributed by atoms with Crippen molar-refractivity contribution >= 4 is 11.6 Å². The van der Waals surface area contributed by atoms with Crippen LogP contribution in [-0.2, 0) is 16.8 Å². The molecule has 2 aliphatic rings. The molecule has 2 atom stereocenters. The second-order valence-corrected chi connectivity index (χ2v) is 7.88. The van der Waals surface area contributed by atoms with Crippen molar-refractivity contribution in [3.63, 3.8) is 0 Å². The summed E-state index contributed by atoms with van der Waals surface area (Å²) in [6, 6.07) is 12.4. The van der Waals surface area contributed by atoms with Gasteiger partial charge in [0.1, 0.15) is 5.82 Å². The Kier molecular flexibility index (Phi) is 4.95. The first-order valence-corrected chi connectivity index (χ1v) is 9.69. The van der Waals surface area contributed by atoms with Crippen LogP contribution in [0.25, 0.3) is 0 Å². The fraction of sp³-hybridized carbons (Fsp3) is 0.409. The number of nitrogens with one attached hydrogen (secondary N) is 1. The maximum absolute atomic E-state index is 14.3. The summed E-state index contributed by atoms with van der Waals surface area (Å²) in [6.07, 6.45) is 0.406. The minimum atomic E-state index is -0.876. The van der Waals surface area contributed by atoms with Gasteiger partial charge in [0.05, 0.1) is 23.8 Å². The number of carbonyl (C=O) groups is 1. The average molecular weight is 384 g/mol. The second-order valence-electron chi connectivity index (χ2n) is 7.88. The fourth-order valence-electron chi connectivity index (χ4n) is 4.31. The highest BCUT2D eigenvalue weighted by Crippen LogP contribution is 2.36. The SMILES string of the molecule is C[C@@H]([C@@H](O)c1cc(F)c2c(c1)CC(=O)N2)N1CCC(O)(c2ccccc2)CC1. The molecule has 2 aromatic rings. The first-order valence-electron chi connectivity index (χ1n) is 9.69. The number of piperidine rings is 1. The van der Waals surface area contributed by atoms with E-state index in [9.17, 15) is 19.4 Å². The molecule has 148 valence electrons. The van der Waals surface area contributed by atoms with Gasteiger partial charge in [0, 0.05) is 19.1 Å². The molecule has 2 aliphatic heterocycles. The lowest BCUT2D eigenvalue weighted by Gasteiger charge is -2.42. The number of hydrogen-bond donors (Lipinski definition) is 3. The van der Waals surface area contributed by atoms with Crippen molar-refractivity contribution in [3.8, 4) is 0 Å². The fourth-order valence-corrected chi connectivity index (χ4v) is 4.31. The van der Waals surface area contributed by atoms with Crippen LogP contribution in [-0.4, -0.2) is 40.2 Å². The van der Waals surface area contributed by atoms with E-state index in [1.54, 1.807) is 6.07 Å². The van der Waals surface area contributed by atoms with Gasteiger partial charge in [-0.3, -0.25) is 9.69 Å². The molecule has 2 aromatic carbocycles. The quantitative estimate of drug-likeness (QED) is 0.758. The lowest BCUT2D eigenvalue weighted by Crippen LogP contribution is -2.47. The van der Waals surface area contributed by atoms with E-state index < -0.39 is 17.5 Å². The van der Waals surface area contributed by atoms with Crippen molar-refractivity contribution < 1.29 is 19.4 Å². The highest BCUT2D eigenvalue weighted by molar-refractivity contribution is 5.99. The van der Waals surface area contributed by atoms with E-state index in [0.717, 1.165) is 5.56 Å². The van der Waals surface area contributed by atoms with Crippen LogP contribution >= 0.6 is 0 Å². The highest BCUT2D eigenvalue weighted by atomic mass is 19.1. The number of likely N-dealkylation sites (tertiary alicyclic amines) is 1. The molecule has 0 aliphatic carbocycles. The van der Waals surface area contributed by atoms with Gasteiger partial charge in [-0.25, -0.2) is 4.39 Å². The summed E-state index contributed by atoms with van der Waals surface area (Å²) < 4.78 is 14.3. The van der Waals surface area contributed by atoms with E-state index >= 15 is 0 Å². The van der Waals surface area contributed by atoms with Crippen LogP contribution in [0, 0.1) is 5.82 Å². The van der Waals surface area contributed by atoms with Gasteiger partial charge in [-0.1, -0.05) is 36.4 Å². The van der Waals surface area contributed by atoms with Gasteiger partial charge >= 0.3 is 0 Å². The molecule has 1 saturated heterocycles. The minimum Gasteiger partial charge on any atom is -0.387 e. The van der Waals surface area contributed by atoms with Gasteiger partial charge in [0.2, 0.25) is 5.91 Å². The zero-order valence-electron chi connectivity index (χ0n) is 15.9. The Hall–Kier alpha value is -2.28. The van der Waals surface area contributed by atoms with E-state index in [1.165, 1.54) is 6.07 Å². The van der Waals surface area contributed by atoms with Crippen molar-refractivity contribution in [1.29, 1.82) is 0 Å². The van der Waals surface area contributed by atoms with Crippen LogP contribution < -0.4 is 5.32 Å². The number of fused-ring (bicyclic) bond motifs is 1. The second kappa shape index (κ2) is 7.28. The number of rotatable bonds is 4. The molecule has 0 spiro atoms. The van der Waals surface area contributed by atoms with E-state index in [2.05, 4.69) is 10.2 Å². The zero-order chi connectivity index (χ0) is 19.9. The molecular weight excluding hydrogens is 359 g/mol. The molecule has 2 heterocycles. The summed E-state index contributed by atoms with van der Waals surface area (Å²) >= 11 is 0. The number of hydrogen-bond acceptors (Lipinski definition) is 4. The molecule has 4 rings (SSSR count). The van der Waals surface area contributed by atoms with Gasteiger partial charge in [-0.15, -0.1) is 0 Å². The van der Waals surface area contributed by atoms with Crippen molar-refractivity contribution in [2.75, 3.05) is 18.4 Å². The third kappa shape index (κ3) is 3.43. The number of anilines is 1. The minimum absolute atomic E-state index is 0.134. The summed E-state index contributed by atoms with van der Waals surface area (Å²) in [5, 5.41) is 24.3. The van der Waals surface area contributed by atoms with Gasteiger partial charge in [0.15, 0.2) is 0 Å². The smallest absolute Gasteiger partial charge is 0.228 e. The Bertz CT molecular complexity index is 879. The third-order valence-electron chi connectivity index (χ3n) is 6.12. The largest absolute Gasteiger partial charge is 0.387 e. The topological polar surface area (TPSA) is 72.8 Å². The summed E-state index contributed by atoms with van der Waals surface area (Å²) in [6.45, 7) is 3.18. The molecule has 1 amide bonds. The normalized spacial score (nSPS) is 21.1. The number of halogens is 1. The molecule has 0 bridgehead atoms. The van der Waals surface area contributed by atoms with Crippen LogP contribution in [0.15, 0.2) is 42.5 Å². The first kappa shape index (κ1) is 19.1. The van der Waals surface area contributed by atoms with Crippen LogP contribution in [0.5, 0.6) is 0 Å². The molecule has 0 unspecified atom stereocenters. The first-order chi connectivity index (χ1) is 13.4. The molecule has 0 saturated carbocycles. The number of aliphatic hydroxyl groups excluding tert-OH is 1. The molecule has 28 heavy (non-hydrogen) atoms.